The van der Waals surface area contributed by atoms with Gasteiger partial charge in [0.1, 0.15) is 0 Å². The van der Waals surface area contributed by atoms with Crippen molar-refractivity contribution in [2.45, 2.75) is 49.8 Å². The van der Waals surface area contributed by atoms with Crippen molar-refractivity contribution in [2.75, 3.05) is 0 Å². The van der Waals surface area contributed by atoms with Crippen LogP contribution in [0.1, 0.15) is 77.9 Å². The van der Waals surface area contributed by atoms with Gasteiger partial charge in [-0.05, 0) is 162 Å². The molecule has 5 heterocycles. The van der Waals surface area contributed by atoms with Gasteiger partial charge in [0, 0.05) is 10.8 Å². The molecule has 0 saturated heterocycles. The van der Waals surface area contributed by atoms with Crippen molar-refractivity contribution in [1.82, 2.24) is 4.57 Å². The molecule has 0 fully saturated rings. The maximum atomic E-state index is 2.94. The third-order valence-corrected chi connectivity index (χ3v) is 19.6. The molecule has 4 aliphatic carbocycles. The Morgan fingerprint density at radius 1 is 0.449 bits per heavy atom. The zero-order valence-corrected chi connectivity index (χ0v) is 39.0. The van der Waals surface area contributed by atoms with Crippen LogP contribution in [0.3, 0.4) is 0 Å². The largest absolute Gasteiger partial charge is 0.320 e. The van der Waals surface area contributed by atoms with E-state index >= 15 is 0 Å². The van der Waals surface area contributed by atoms with E-state index in [1.54, 1.807) is 11.0 Å². The number of benzene rings is 9. The van der Waals surface area contributed by atoms with Gasteiger partial charge in [-0.1, -0.05) is 193 Å². The second kappa shape index (κ2) is 11.4. The molecule has 0 N–H and O–H groups in total. The van der Waals surface area contributed by atoms with Gasteiger partial charge in [-0.25, -0.2) is 0 Å². The Labute approximate surface area is 402 Å². The molecule has 10 aromatic rings. The molecule has 2 atom stereocenters. The minimum absolute atomic E-state index is 0.134. The van der Waals surface area contributed by atoms with Gasteiger partial charge in [0.15, 0.2) is 0 Å². The number of hydrogen-bond donors (Lipinski definition) is 0. The molecular weight excluding hydrogens is 830 g/mol. The highest BCUT2D eigenvalue weighted by molar-refractivity contribution is 6.91. The summed E-state index contributed by atoms with van der Waals surface area (Å²) >= 11 is 0. The summed E-state index contributed by atoms with van der Waals surface area (Å²) in [4.78, 5) is 0. The van der Waals surface area contributed by atoms with Crippen molar-refractivity contribution in [3.8, 4) is 39.1 Å². The van der Waals surface area contributed by atoms with E-state index < -0.39 is 16.2 Å². The van der Waals surface area contributed by atoms with Gasteiger partial charge in [-0.2, -0.15) is 0 Å². The van der Waals surface area contributed by atoms with Crippen LogP contribution in [0.15, 0.2) is 188 Å². The van der Waals surface area contributed by atoms with Crippen LogP contribution in [0.5, 0.6) is 0 Å². The monoisotopic (exact) mass is 873 g/mol. The van der Waals surface area contributed by atoms with Crippen molar-refractivity contribution in [3.05, 3.63) is 265 Å². The van der Waals surface area contributed by atoms with Gasteiger partial charge >= 0.3 is 0 Å². The zero-order valence-electron chi connectivity index (χ0n) is 39.0. The first-order valence-corrected chi connectivity index (χ1v) is 25.2. The first kappa shape index (κ1) is 36.4. The zero-order chi connectivity index (χ0) is 45.2. The predicted octanol–water partition coefficient (Wildman–Crippen LogP) is 13.8. The van der Waals surface area contributed by atoms with E-state index in [0.29, 0.717) is 0 Å². The van der Waals surface area contributed by atoms with Crippen molar-refractivity contribution in [2.24, 2.45) is 5.92 Å². The molecular formula is C67H44BN. The lowest BCUT2D eigenvalue weighted by atomic mass is 9.20. The van der Waals surface area contributed by atoms with Gasteiger partial charge in [0.25, 0.3) is 0 Å². The predicted molar refractivity (Wildman–Crippen MR) is 284 cm³/mol. The van der Waals surface area contributed by atoms with Gasteiger partial charge < -0.3 is 4.57 Å². The van der Waals surface area contributed by atoms with E-state index in [2.05, 4.69) is 214 Å². The fourth-order valence-electron chi connectivity index (χ4n) is 17.6. The average Bonchev–Trinajstić information content (AvgIpc) is 4.09. The molecule has 3 spiro atoms. The third-order valence-electron chi connectivity index (χ3n) is 19.6. The average molecular weight is 874 g/mol. The van der Waals surface area contributed by atoms with E-state index in [9.17, 15) is 0 Å². The van der Waals surface area contributed by atoms with E-state index in [0.717, 1.165) is 0 Å². The topological polar surface area (TPSA) is 4.93 Å². The summed E-state index contributed by atoms with van der Waals surface area (Å²) in [5, 5.41) is 4.38. The first-order chi connectivity index (χ1) is 33.9. The van der Waals surface area contributed by atoms with Crippen molar-refractivity contribution >= 4 is 39.4 Å². The smallest absolute Gasteiger partial charge is 0.240 e. The van der Waals surface area contributed by atoms with Crippen molar-refractivity contribution in [1.29, 1.82) is 0 Å². The minimum Gasteiger partial charge on any atom is -0.320 e. The molecule has 0 radical (unpaired) electrons. The number of aromatic nitrogens is 1. The Morgan fingerprint density at radius 2 is 0.913 bits per heavy atom. The van der Waals surface area contributed by atoms with Gasteiger partial charge in [0.2, 0.25) is 6.71 Å². The Kier molecular flexibility index (Phi) is 6.02. The van der Waals surface area contributed by atoms with Crippen LogP contribution >= 0.6 is 0 Å². The quantitative estimate of drug-likeness (QED) is 0.134. The lowest BCUT2D eigenvalue weighted by Gasteiger charge is -2.58. The van der Waals surface area contributed by atoms with E-state index in [1.807, 2.05) is 0 Å². The number of aryl methyl sites for hydroxylation is 4. The molecule has 1 aromatic heterocycles. The Bertz CT molecular complexity index is 4140. The third kappa shape index (κ3) is 3.44. The minimum atomic E-state index is -0.535. The van der Waals surface area contributed by atoms with Gasteiger partial charge in [0.05, 0.1) is 27.4 Å². The molecule has 0 amide bonds. The summed E-state index contributed by atoms with van der Waals surface area (Å²) in [6.07, 6.45) is 7.78. The van der Waals surface area contributed by atoms with Crippen molar-refractivity contribution < 1.29 is 0 Å². The van der Waals surface area contributed by atoms with Crippen molar-refractivity contribution in [3.63, 3.8) is 0 Å². The van der Waals surface area contributed by atoms with Gasteiger partial charge in [-0.3, -0.25) is 0 Å². The highest BCUT2D eigenvalue weighted by atomic mass is 15.0. The van der Waals surface area contributed by atoms with Crippen LogP contribution in [0.25, 0.3) is 60.7 Å². The number of rotatable bonds is 0. The number of nitrogens with zero attached hydrogens (tertiary/aromatic N) is 1. The summed E-state index contributed by atoms with van der Waals surface area (Å²) in [7, 11) is 0. The van der Waals surface area contributed by atoms with Crippen LogP contribution in [-0.4, -0.2) is 11.3 Å². The molecule has 9 aromatic carbocycles. The normalized spacial score (nSPS) is 19.7. The molecule has 0 saturated carbocycles. The van der Waals surface area contributed by atoms with Crippen LogP contribution in [0, 0.1) is 33.6 Å². The standard InChI is InChI=1S/C67H44BN/c1-35-32-54-62-57(38(35)4)59-64-68-60-51(30-17-31-52(60)67(59)49-28-15-9-22-43(49)44-23-10-16-29-50(44)67)65(45-24-11-5-18-39(45)40-19-6-12-25-46(40)65)53-33-36(2)56-37(3)34-55(63(69(62)64)58(56)61(53)68)66(54)47-26-13-7-20-41(47)42-21-8-14-27-48(42)66/h5-34,51,60H,1-4H3. The maximum absolute atomic E-state index is 2.94. The number of allylic oxidation sites excluding steroid dienone is 4. The summed E-state index contributed by atoms with van der Waals surface area (Å²) in [6, 6.07) is 64.9. The highest BCUT2D eigenvalue weighted by Gasteiger charge is 2.69. The number of hydrogen-bond acceptors (Lipinski definition) is 0. The molecule has 1 nitrogen and oxygen atoms in total. The lowest BCUT2D eigenvalue weighted by molar-refractivity contribution is 0.422. The Hall–Kier alpha value is -7.68. The summed E-state index contributed by atoms with van der Waals surface area (Å²) < 4.78 is 2.94. The van der Waals surface area contributed by atoms with Gasteiger partial charge in [-0.15, -0.1) is 0 Å². The number of fused-ring (bicyclic) bond motifs is 22. The van der Waals surface area contributed by atoms with Crippen LogP contribution in [0.2, 0.25) is 5.82 Å². The molecule has 320 valence electrons. The summed E-state index contributed by atoms with van der Waals surface area (Å²) in [6.45, 7) is 9.85. The summed E-state index contributed by atoms with van der Waals surface area (Å²) in [5.74, 6) is 0.328. The Balaban J connectivity index is 1.17. The lowest BCUT2D eigenvalue weighted by Crippen LogP contribution is -2.68. The molecule has 0 bridgehead atoms. The van der Waals surface area contributed by atoms with E-state index in [4.69, 9.17) is 0 Å². The molecule has 2 unspecified atom stereocenters. The summed E-state index contributed by atoms with van der Waals surface area (Å²) in [5.41, 5.74) is 34.2. The maximum Gasteiger partial charge on any atom is 0.240 e. The SMILES string of the molecule is Cc1cc2c3c(c1C)c1c4n3-c3c(cc(C)c5c(C)cc6c(c35)B4C3C(=CC=CC3C63c4ccccc4-c4ccccc43)C13c1ccccc1-c1ccccc13)C21c2ccccc2-c2ccccc21. The molecule has 4 aliphatic heterocycles. The van der Waals surface area contributed by atoms with E-state index in [-0.39, 0.29) is 18.4 Å². The fraction of sp³-hybridized carbons (Fsp3) is 0.134. The highest BCUT2D eigenvalue weighted by Crippen LogP contribution is 2.72. The second-order valence-corrected chi connectivity index (χ2v) is 21.8. The fourth-order valence-corrected chi connectivity index (χ4v) is 17.6. The van der Waals surface area contributed by atoms with E-state index in [1.165, 1.54) is 144 Å². The molecule has 2 heteroatoms. The Morgan fingerprint density at radius 3 is 1.46 bits per heavy atom. The molecule has 69 heavy (non-hydrogen) atoms. The van der Waals surface area contributed by atoms with Crippen LogP contribution in [-0.2, 0) is 16.2 Å². The molecule has 18 rings (SSSR count). The second-order valence-electron chi connectivity index (χ2n) is 21.8. The van der Waals surface area contributed by atoms with Crippen LogP contribution < -0.4 is 11.1 Å². The molecule has 8 aliphatic rings. The first-order valence-electron chi connectivity index (χ1n) is 25.2. The van der Waals surface area contributed by atoms with Crippen LogP contribution in [0.4, 0.5) is 0 Å².